The summed E-state index contributed by atoms with van der Waals surface area (Å²) in [5.41, 5.74) is -1.92. The topological polar surface area (TPSA) is 132 Å². The minimum atomic E-state index is -3.66. The van der Waals surface area contributed by atoms with Crippen molar-refractivity contribution in [1.29, 1.82) is 0 Å². The normalized spacial score (nSPS) is 11.4. The summed E-state index contributed by atoms with van der Waals surface area (Å²) >= 11 is 0. The van der Waals surface area contributed by atoms with Crippen LogP contribution in [-0.2, 0) is 16.9 Å². The number of nitrogens with one attached hydrogen (secondary N) is 1. The third-order valence-electron chi connectivity index (χ3n) is 3.02. The third-order valence-corrected chi connectivity index (χ3v) is 4.13. The number of carbonyl (C=O) groups excluding carboxylic acids is 1. The SMILES string of the molecule is Cn1[nH]cc(C(=O)c2ccc(S(C)(=O)=O)cc2[N+](=O)[O-])c1=O. The highest BCUT2D eigenvalue weighted by atomic mass is 32.2. The van der Waals surface area contributed by atoms with E-state index in [1.54, 1.807) is 0 Å². The first-order chi connectivity index (χ1) is 10.1. The third kappa shape index (κ3) is 2.68. The lowest BCUT2D eigenvalue weighted by molar-refractivity contribution is -0.385. The van der Waals surface area contributed by atoms with E-state index in [-0.39, 0.29) is 16.0 Å². The molecule has 9 nitrogen and oxygen atoms in total. The Morgan fingerprint density at radius 3 is 2.41 bits per heavy atom. The lowest BCUT2D eigenvalue weighted by atomic mass is 10.0. The second kappa shape index (κ2) is 5.22. The van der Waals surface area contributed by atoms with Crippen LogP contribution in [0.5, 0.6) is 0 Å². The predicted molar refractivity (Wildman–Crippen MR) is 75.7 cm³/mol. The molecule has 116 valence electrons. The standard InChI is InChI=1S/C12H11N3O6S/c1-14-12(17)9(6-13-14)11(16)8-4-3-7(22(2,20)21)5-10(8)15(18)19/h3-6,13H,1-2H3. The van der Waals surface area contributed by atoms with E-state index >= 15 is 0 Å². The molecule has 0 spiro atoms. The Hall–Kier alpha value is -2.75. The Kier molecular flexibility index (Phi) is 3.71. The summed E-state index contributed by atoms with van der Waals surface area (Å²) in [7, 11) is -2.27. The Labute approximate surface area is 124 Å². The van der Waals surface area contributed by atoms with Crippen molar-refractivity contribution in [3.63, 3.8) is 0 Å². The summed E-state index contributed by atoms with van der Waals surface area (Å²) in [6, 6.07) is 2.93. The zero-order valence-corrected chi connectivity index (χ0v) is 12.4. The molecule has 0 atom stereocenters. The molecule has 1 aromatic carbocycles. The van der Waals surface area contributed by atoms with Crippen molar-refractivity contribution in [3.8, 4) is 0 Å². The second-order valence-electron chi connectivity index (χ2n) is 4.59. The van der Waals surface area contributed by atoms with E-state index in [9.17, 15) is 28.1 Å². The van der Waals surface area contributed by atoms with Crippen molar-refractivity contribution in [2.24, 2.45) is 7.05 Å². The summed E-state index contributed by atoms with van der Waals surface area (Å²) in [6.07, 6.45) is 2.04. The molecule has 1 aromatic heterocycles. The van der Waals surface area contributed by atoms with Crippen LogP contribution in [0.4, 0.5) is 5.69 Å². The summed E-state index contributed by atoms with van der Waals surface area (Å²) in [5.74, 6) is -0.853. The van der Waals surface area contributed by atoms with Gasteiger partial charge in [-0.15, -0.1) is 0 Å². The summed E-state index contributed by atoms with van der Waals surface area (Å²) in [4.78, 5) is 34.0. The highest BCUT2D eigenvalue weighted by Gasteiger charge is 2.26. The molecule has 0 saturated carbocycles. The number of sulfone groups is 1. The summed E-state index contributed by atoms with van der Waals surface area (Å²) in [5, 5.41) is 13.6. The van der Waals surface area contributed by atoms with Crippen molar-refractivity contribution in [1.82, 2.24) is 9.78 Å². The molecule has 0 amide bonds. The van der Waals surface area contributed by atoms with Crippen molar-refractivity contribution in [2.75, 3.05) is 6.26 Å². The van der Waals surface area contributed by atoms with Crippen molar-refractivity contribution >= 4 is 21.3 Å². The fourth-order valence-electron chi connectivity index (χ4n) is 1.86. The van der Waals surface area contributed by atoms with Crippen LogP contribution in [0.2, 0.25) is 0 Å². The fourth-order valence-corrected chi connectivity index (χ4v) is 2.50. The molecule has 22 heavy (non-hydrogen) atoms. The number of aryl methyl sites for hydroxylation is 1. The van der Waals surface area contributed by atoms with E-state index in [1.165, 1.54) is 7.05 Å². The maximum atomic E-state index is 12.3. The van der Waals surface area contributed by atoms with Crippen LogP contribution in [0.1, 0.15) is 15.9 Å². The van der Waals surface area contributed by atoms with Gasteiger partial charge in [0.1, 0.15) is 11.1 Å². The van der Waals surface area contributed by atoms with E-state index in [0.717, 1.165) is 35.3 Å². The van der Waals surface area contributed by atoms with Gasteiger partial charge in [-0.3, -0.25) is 24.4 Å². The Bertz CT molecular complexity index is 938. The van der Waals surface area contributed by atoms with Crippen molar-refractivity contribution in [2.45, 2.75) is 4.90 Å². The van der Waals surface area contributed by atoms with Crippen LogP contribution >= 0.6 is 0 Å². The molecule has 0 aliphatic carbocycles. The van der Waals surface area contributed by atoms with Gasteiger partial charge in [-0.1, -0.05) is 0 Å². The van der Waals surface area contributed by atoms with Crippen molar-refractivity contribution in [3.05, 3.63) is 56.0 Å². The number of H-pyrrole nitrogens is 1. The maximum Gasteiger partial charge on any atom is 0.281 e. The number of aromatic amines is 1. The zero-order chi connectivity index (χ0) is 16.7. The van der Waals surface area contributed by atoms with Gasteiger partial charge < -0.3 is 5.10 Å². The molecule has 0 bridgehead atoms. The highest BCUT2D eigenvalue weighted by molar-refractivity contribution is 7.90. The molecule has 2 aromatic rings. The van der Waals surface area contributed by atoms with Crippen LogP contribution in [0.25, 0.3) is 0 Å². The molecule has 1 N–H and O–H groups in total. The van der Waals surface area contributed by atoms with Gasteiger partial charge in [0.15, 0.2) is 9.84 Å². The molecule has 2 rings (SSSR count). The quantitative estimate of drug-likeness (QED) is 0.487. The molecular formula is C12H11N3O6S. The molecule has 0 radical (unpaired) electrons. The molecule has 0 aliphatic heterocycles. The van der Waals surface area contributed by atoms with E-state index in [0.29, 0.717) is 0 Å². The highest BCUT2D eigenvalue weighted by Crippen LogP contribution is 2.24. The first-order valence-corrected chi connectivity index (χ1v) is 7.79. The summed E-state index contributed by atoms with van der Waals surface area (Å²) in [6.45, 7) is 0. The van der Waals surface area contributed by atoms with E-state index in [2.05, 4.69) is 5.10 Å². The Morgan fingerprint density at radius 2 is 1.95 bits per heavy atom. The second-order valence-corrected chi connectivity index (χ2v) is 6.60. The minimum Gasteiger partial charge on any atom is -0.302 e. The van der Waals surface area contributed by atoms with Crippen LogP contribution < -0.4 is 5.56 Å². The number of hydrogen-bond acceptors (Lipinski definition) is 6. The van der Waals surface area contributed by atoms with Gasteiger partial charge in [0.25, 0.3) is 11.2 Å². The molecule has 0 saturated heterocycles. The van der Waals surface area contributed by atoms with E-state index in [4.69, 9.17) is 0 Å². The average molecular weight is 325 g/mol. The molecule has 0 fully saturated rings. The van der Waals surface area contributed by atoms with Gasteiger partial charge in [0, 0.05) is 25.6 Å². The van der Waals surface area contributed by atoms with Crippen LogP contribution in [0, 0.1) is 10.1 Å². The van der Waals surface area contributed by atoms with Crippen LogP contribution in [0.15, 0.2) is 34.1 Å². The van der Waals surface area contributed by atoms with Gasteiger partial charge >= 0.3 is 0 Å². The van der Waals surface area contributed by atoms with E-state index in [1.807, 2.05) is 0 Å². The first kappa shape index (κ1) is 15.6. The lowest BCUT2D eigenvalue weighted by Crippen LogP contribution is -2.20. The first-order valence-electron chi connectivity index (χ1n) is 5.90. The zero-order valence-electron chi connectivity index (χ0n) is 11.6. The predicted octanol–water partition coefficient (Wildman–Crippen LogP) is 0.256. The number of ketones is 1. The van der Waals surface area contributed by atoms with Gasteiger partial charge in [-0.2, -0.15) is 0 Å². The molecular weight excluding hydrogens is 314 g/mol. The monoisotopic (exact) mass is 325 g/mol. The maximum absolute atomic E-state index is 12.3. The average Bonchev–Trinajstić information content (AvgIpc) is 2.76. The molecule has 0 unspecified atom stereocenters. The van der Waals surface area contributed by atoms with Gasteiger partial charge in [-0.05, 0) is 12.1 Å². The van der Waals surface area contributed by atoms with E-state index < -0.39 is 31.8 Å². The number of aromatic nitrogens is 2. The number of benzene rings is 1. The minimum absolute atomic E-state index is 0.266. The molecule has 1 heterocycles. The number of nitro groups is 1. The smallest absolute Gasteiger partial charge is 0.281 e. The van der Waals surface area contributed by atoms with Gasteiger partial charge in [-0.25, -0.2) is 8.42 Å². The fraction of sp³-hybridized carbons (Fsp3) is 0.167. The number of rotatable bonds is 4. The molecule has 10 heteroatoms. The lowest BCUT2D eigenvalue weighted by Gasteiger charge is -2.03. The molecule has 0 aliphatic rings. The Balaban J connectivity index is 2.66. The summed E-state index contributed by atoms with van der Waals surface area (Å²) < 4.78 is 23.9. The largest absolute Gasteiger partial charge is 0.302 e. The number of hydrogen-bond donors (Lipinski definition) is 1. The van der Waals surface area contributed by atoms with Gasteiger partial charge in [0.05, 0.1) is 9.82 Å². The van der Waals surface area contributed by atoms with Gasteiger partial charge in [0.2, 0.25) is 5.78 Å². The number of nitro benzene ring substituents is 1. The van der Waals surface area contributed by atoms with Crippen LogP contribution in [-0.4, -0.2) is 35.2 Å². The number of carbonyl (C=O) groups is 1. The number of nitrogens with zero attached hydrogens (tertiary/aromatic N) is 2. The Morgan fingerprint density at radius 1 is 1.32 bits per heavy atom. The van der Waals surface area contributed by atoms with Crippen molar-refractivity contribution < 1.29 is 18.1 Å². The van der Waals surface area contributed by atoms with Crippen LogP contribution in [0.3, 0.4) is 0 Å².